The van der Waals surface area contributed by atoms with Crippen molar-refractivity contribution in [2.24, 2.45) is 0 Å². The van der Waals surface area contributed by atoms with Gasteiger partial charge < -0.3 is 14.8 Å². The Morgan fingerprint density at radius 3 is 2.59 bits per heavy atom. The lowest BCUT2D eigenvalue weighted by atomic mass is 10.2. The van der Waals surface area contributed by atoms with Crippen molar-refractivity contribution in [3.63, 3.8) is 0 Å². The number of carbonyl (C=O) groups is 2. The average Bonchev–Trinajstić information content (AvgIpc) is 2.50. The first-order valence-electron chi connectivity index (χ1n) is 7.80. The SMILES string of the molecule is C#CCCOC(=O)NC(CC=C)C(=O)OCCCCCCC. The molecule has 1 amide bonds. The van der Waals surface area contributed by atoms with E-state index in [1.165, 1.54) is 12.8 Å². The lowest BCUT2D eigenvalue weighted by Crippen LogP contribution is -2.42. The van der Waals surface area contributed by atoms with Gasteiger partial charge in [0.05, 0.1) is 6.61 Å². The van der Waals surface area contributed by atoms with E-state index in [4.69, 9.17) is 15.9 Å². The second kappa shape index (κ2) is 14.0. The summed E-state index contributed by atoms with van der Waals surface area (Å²) < 4.78 is 10.0. The van der Waals surface area contributed by atoms with Gasteiger partial charge in [-0.2, -0.15) is 0 Å². The van der Waals surface area contributed by atoms with E-state index in [-0.39, 0.29) is 6.61 Å². The topological polar surface area (TPSA) is 64.6 Å². The van der Waals surface area contributed by atoms with E-state index >= 15 is 0 Å². The average molecular weight is 309 g/mol. The molecule has 0 saturated heterocycles. The molecule has 1 atom stereocenters. The number of unbranched alkanes of at least 4 members (excludes halogenated alkanes) is 4. The molecule has 0 spiro atoms. The van der Waals surface area contributed by atoms with Crippen molar-refractivity contribution in [1.29, 1.82) is 0 Å². The quantitative estimate of drug-likeness (QED) is 0.260. The molecule has 5 nitrogen and oxygen atoms in total. The van der Waals surface area contributed by atoms with Gasteiger partial charge in [-0.05, 0) is 12.8 Å². The van der Waals surface area contributed by atoms with Gasteiger partial charge in [-0.3, -0.25) is 0 Å². The largest absolute Gasteiger partial charge is 0.464 e. The molecular weight excluding hydrogens is 282 g/mol. The Kier molecular flexibility index (Phi) is 12.8. The molecule has 0 radical (unpaired) electrons. The fourth-order valence-corrected chi connectivity index (χ4v) is 1.75. The van der Waals surface area contributed by atoms with Gasteiger partial charge in [0.1, 0.15) is 12.6 Å². The molecule has 124 valence electrons. The Hall–Kier alpha value is -1.96. The highest BCUT2D eigenvalue weighted by atomic mass is 16.6. The zero-order valence-corrected chi connectivity index (χ0v) is 13.4. The van der Waals surface area contributed by atoms with E-state index in [0.717, 1.165) is 19.3 Å². The fourth-order valence-electron chi connectivity index (χ4n) is 1.75. The van der Waals surface area contributed by atoms with Gasteiger partial charge in [-0.25, -0.2) is 9.59 Å². The molecule has 1 unspecified atom stereocenters. The van der Waals surface area contributed by atoms with Crippen LogP contribution < -0.4 is 5.32 Å². The summed E-state index contributed by atoms with van der Waals surface area (Å²) in [5.41, 5.74) is 0. The van der Waals surface area contributed by atoms with Crippen LogP contribution in [0.5, 0.6) is 0 Å². The first kappa shape index (κ1) is 20.0. The number of terminal acetylenes is 1. The predicted octanol–water partition coefficient (Wildman–Crippen LogP) is 3.19. The molecule has 5 heteroatoms. The van der Waals surface area contributed by atoms with Crippen molar-refractivity contribution in [3.8, 4) is 12.3 Å². The highest BCUT2D eigenvalue weighted by molar-refractivity contribution is 5.81. The molecule has 0 fully saturated rings. The Bertz CT molecular complexity index is 373. The summed E-state index contributed by atoms with van der Waals surface area (Å²) in [6, 6.07) is -0.772. The van der Waals surface area contributed by atoms with E-state index in [1.807, 2.05) is 0 Å². The predicted molar refractivity (Wildman–Crippen MR) is 86.3 cm³/mol. The Morgan fingerprint density at radius 2 is 1.95 bits per heavy atom. The maximum absolute atomic E-state index is 11.9. The van der Waals surface area contributed by atoms with Crippen molar-refractivity contribution in [1.82, 2.24) is 5.32 Å². The molecule has 0 rings (SSSR count). The van der Waals surface area contributed by atoms with Crippen LogP contribution in [0.3, 0.4) is 0 Å². The van der Waals surface area contributed by atoms with Gasteiger partial charge >= 0.3 is 12.1 Å². The minimum atomic E-state index is -0.772. The third-order valence-electron chi connectivity index (χ3n) is 2.95. The minimum Gasteiger partial charge on any atom is -0.464 e. The highest BCUT2D eigenvalue weighted by Gasteiger charge is 2.21. The fraction of sp³-hybridized carbons (Fsp3) is 0.647. The number of amides is 1. The van der Waals surface area contributed by atoms with Crippen LogP contribution in [0.1, 0.15) is 51.9 Å². The molecular formula is C17H27NO4. The van der Waals surface area contributed by atoms with Crippen LogP contribution in [0.25, 0.3) is 0 Å². The molecule has 0 bridgehead atoms. The summed E-state index contributed by atoms with van der Waals surface area (Å²) >= 11 is 0. The minimum absolute atomic E-state index is 0.121. The zero-order chi connectivity index (χ0) is 16.6. The van der Waals surface area contributed by atoms with Gasteiger partial charge in [0.2, 0.25) is 0 Å². The molecule has 0 saturated carbocycles. The first-order valence-corrected chi connectivity index (χ1v) is 7.80. The van der Waals surface area contributed by atoms with Gasteiger partial charge in [0, 0.05) is 6.42 Å². The number of carbonyl (C=O) groups excluding carboxylic acids is 2. The number of alkyl carbamates (subject to hydrolysis) is 1. The molecule has 22 heavy (non-hydrogen) atoms. The second-order valence-corrected chi connectivity index (χ2v) is 4.89. The Labute approximate surface area is 133 Å². The molecule has 1 N–H and O–H groups in total. The van der Waals surface area contributed by atoms with Gasteiger partial charge in [0.15, 0.2) is 0 Å². The van der Waals surface area contributed by atoms with Crippen LogP contribution in [-0.2, 0) is 14.3 Å². The number of ether oxygens (including phenoxy) is 2. The van der Waals surface area contributed by atoms with Crippen molar-refractivity contribution < 1.29 is 19.1 Å². The maximum Gasteiger partial charge on any atom is 0.407 e. The van der Waals surface area contributed by atoms with Crippen LogP contribution in [0.2, 0.25) is 0 Å². The third kappa shape index (κ3) is 10.8. The van der Waals surface area contributed by atoms with Gasteiger partial charge in [-0.15, -0.1) is 18.9 Å². The summed E-state index contributed by atoms with van der Waals surface area (Å²) in [5, 5.41) is 2.46. The third-order valence-corrected chi connectivity index (χ3v) is 2.95. The summed E-state index contributed by atoms with van der Waals surface area (Å²) in [6.45, 7) is 6.20. The normalized spacial score (nSPS) is 11.1. The zero-order valence-electron chi connectivity index (χ0n) is 13.4. The summed E-state index contributed by atoms with van der Waals surface area (Å²) in [4.78, 5) is 23.4. The molecule has 0 aliphatic carbocycles. The Morgan fingerprint density at radius 1 is 1.23 bits per heavy atom. The van der Waals surface area contributed by atoms with Gasteiger partial charge in [0.25, 0.3) is 0 Å². The number of hydrogen-bond acceptors (Lipinski definition) is 4. The summed E-state index contributed by atoms with van der Waals surface area (Å²) in [5.74, 6) is 1.89. The number of nitrogens with one attached hydrogen (secondary N) is 1. The molecule has 0 heterocycles. The van der Waals surface area contributed by atoms with E-state index in [2.05, 4.69) is 24.7 Å². The lowest BCUT2D eigenvalue weighted by molar-refractivity contribution is -0.146. The van der Waals surface area contributed by atoms with Crippen molar-refractivity contribution in [2.75, 3.05) is 13.2 Å². The Balaban J connectivity index is 4.03. The number of rotatable bonds is 12. The maximum atomic E-state index is 11.9. The molecule has 0 aromatic rings. The van der Waals surface area contributed by atoms with E-state index in [1.54, 1.807) is 6.08 Å². The van der Waals surface area contributed by atoms with Crippen LogP contribution in [0.4, 0.5) is 4.79 Å². The molecule has 0 aliphatic rings. The van der Waals surface area contributed by atoms with E-state index in [9.17, 15) is 9.59 Å². The first-order chi connectivity index (χ1) is 10.7. The monoisotopic (exact) mass is 309 g/mol. The second-order valence-electron chi connectivity index (χ2n) is 4.89. The molecule has 0 aromatic heterocycles. The molecule has 0 aromatic carbocycles. The summed E-state index contributed by atoms with van der Waals surface area (Å²) in [6.07, 6.45) is 11.9. The van der Waals surface area contributed by atoms with Gasteiger partial charge in [-0.1, -0.05) is 38.7 Å². The standard InChI is InChI=1S/C17H27NO4/c1-4-7-9-10-11-14-21-16(19)15(12-6-3)18-17(20)22-13-8-5-2/h2,6,15H,3-4,7-14H2,1H3,(H,18,20). The van der Waals surface area contributed by atoms with Crippen LogP contribution >= 0.6 is 0 Å². The van der Waals surface area contributed by atoms with E-state index < -0.39 is 18.1 Å². The number of hydrogen-bond donors (Lipinski definition) is 1. The van der Waals surface area contributed by atoms with Crippen LogP contribution in [0, 0.1) is 12.3 Å². The van der Waals surface area contributed by atoms with Crippen LogP contribution in [0.15, 0.2) is 12.7 Å². The number of esters is 1. The molecule has 0 aliphatic heterocycles. The van der Waals surface area contributed by atoms with Crippen LogP contribution in [-0.4, -0.2) is 31.3 Å². The van der Waals surface area contributed by atoms with E-state index in [0.29, 0.717) is 19.4 Å². The smallest absolute Gasteiger partial charge is 0.407 e. The lowest BCUT2D eigenvalue weighted by Gasteiger charge is -2.16. The van der Waals surface area contributed by atoms with Crippen molar-refractivity contribution in [3.05, 3.63) is 12.7 Å². The van der Waals surface area contributed by atoms with Crippen molar-refractivity contribution in [2.45, 2.75) is 57.9 Å². The summed E-state index contributed by atoms with van der Waals surface area (Å²) in [7, 11) is 0. The van der Waals surface area contributed by atoms with Crippen molar-refractivity contribution >= 4 is 12.1 Å². The highest BCUT2D eigenvalue weighted by Crippen LogP contribution is 2.04.